The summed E-state index contributed by atoms with van der Waals surface area (Å²) in [7, 11) is 0. The molecule has 0 unspecified atom stereocenters. The van der Waals surface area contributed by atoms with Crippen LogP contribution < -0.4 is 10.1 Å². The Kier molecular flexibility index (Phi) is 5.67. The third kappa shape index (κ3) is 4.51. The predicted molar refractivity (Wildman–Crippen MR) is 80.0 cm³/mol. The van der Waals surface area contributed by atoms with E-state index in [1.54, 1.807) is 0 Å². The summed E-state index contributed by atoms with van der Waals surface area (Å²) in [4.78, 5) is 2.53. The molecule has 0 amide bonds. The summed E-state index contributed by atoms with van der Waals surface area (Å²) in [6, 6.07) is 6.53. The summed E-state index contributed by atoms with van der Waals surface area (Å²) in [5.74, 6) is 1.07. The van der Waals surface area contributed by atoms with Crippen molar-refractivity contribution in [3.8, 4) is 5.75 Å². The van der Waals surface area contributed by atoms with E-state index >= 15 is 0 Å². The number of benzene rings is 1. The van der Waals surface area contributed by atoms with Gasteiger partial charge in [-0.25, -0.2) is 0 Å². The molecule has 1 fully saturated rings. The molecular formula is C16H26N2O. The summed E-state index contributed by atoms with van der Waals surface area (Å²) in [5.41, 5.74) is 2.67. The number of nitrogens with zero attached hydrogens (tertiary/aromatic N) is 1. The standard InChI is InChI=1S/C16H26N2O/c1-3-12-19-16-5-4-14(2)13-15(16)6-9-18-10-7-17-8-11-18/h4-5,13,17H,3,6-12H2,1-2H3. The van der Waals surface area contributed by atoms with Crippen molar-refractivity contribution in [2.24, 2.45) is 0 Å². The topological polar surface area (TPSA) is 24.5 Å². The Morgan fingerprint density at radius 3 is 2.79 bits per heavy atom. The van der Waals surface area contributed by atoms with Crippen molar-refractivity contribution in [3.63, 3.8) is 0 Å². The van der Waals surface area contributed by atoms with Gasteiger partial charge in [0.2, 0.25) is 0 Å². The summed E-state index contributed by atoms with van der Waals surface area (Å²) >= 11 is 0. The highest BCUT2D eigenvalue weighted by atomic mass is 16.5. The smallest absolute Gasteiger partial charge is 0.122 e. The normalized spacial score (nSPS) is 16.5. The second-order valence-electron chi connectivity index (χ2n) is 5.30. The molecule has 2 rings (SSSR count). The third-order valence-corrected chi connectivity index (χ3v) is 3.58. The molecule has 3 heteroatoms. The summed E-state index contributed by atoms with van der Waals surface area (Å²) in [5, 5.41) is 3.39. The average molecular weight is 262 g/mol. The molecule has 1 aliphatic heterocycles. The lowest BCUT2D eigenvalue weighted by Crippen LogP contribution is -2.44. The molecule has 0 aliphatic carbocycles. The first-order valence-electron chi connectivity index (χ1n) is 7.45. The zero-order chi connectivity index (χ0) is 13.5. The van der Waals surface area contributed by atoms with E-state index in [-0.39, 0.29) is 0 Å². The van der Waals surface area contributed by atoms with Crippen LogP contribution >= 0.6 is 0 Å². The minimum Gasteiger partial charge on any atom is -0.493 e. The van der Waals surface area contributed by atoms with Crippen molar-refractivity contribution < 1.29 is 4.74 Å². The number of ether oxygens (including phenoxy) is 1. The predicted octanol–water partition coefficient (Wildman–Crippen LogP) is 2.23. The van der Waals surface area contributed by atoms with E-state index in [4.69, 9.17) is 4.74 Å². The molecule has 0 atom stereocenters. The first-order chi connectivity index (χ1) is 9.29. The zero-order valence-corrected chi connectivity index (χ0v) is 12.2. The Labute approximate surface area is 116 Å². The molecule has 106 valence electrons. The van der Waals surface area contributed by atoms with Crippen molar-refractivity contribution in [3.05, 3.63) is 29.3 Å². The number of hydrogen-bond donors (Lipinski definition) is 1. The fourth-order valence-electron chi connectivity index (χ4n) is 2.47. The monoisotopic (exact) mass is 262 g/mol. The van der Waals surface area contributed by atoms with Gasteiger partial charge in [-0.15, -0.1) is 0 Å². The Morgan fingerprint density at radius 1 is 1.26 bits per heavy atom. The highest BCUT2D eigenvalue weighted by Crippen LogP contribution is 2.21. The van der Waals surface area contributed by atoms with Gasteiger partial charge in [0.25, 0.3) is 0 Å². The quantitative estimate of drug-likeness (QED) is 0.851. The van der Waals surface area contributed by atoms with Gasteiger partial charge in [0, 0.05) is 32.7 Å². The fraction of sp³-hybridized carbons (Fsp3) is 0.625. The van der Waals surface area contributed by atoms with Gasteiger partial charge < -0.3 is 15.0 Å². The van der Waals surface area contributed by atoms with Crippen LogP contribution in [0, 0.1) is 6.92 Å². The lowest BCUT2D eigenvalue weighted by Gasteiger charge is -2.27. The maximum Gasteiger partial charge on any atom is 0.122 e. The van der Waals surface area contributed by atoms with Crippen LogP contribution in [-0.4, -0.2) is 44.2 Å². The van der Waals surface area contributed by atoms with E-state index in [9.17, 15) is 0 Å². The molecule has 3 nitrogen and oxygen atoms in total. The maximum absolute atomic E-state index is 5.85. The van der Waals surface area contributed by atoms with Crippen molar-refractivity contribution in [2.45, 2.75) is 26.7 Å². The highest BCUT2D eigenvalue weighted by molar-refractivity contribution is 5.37. The number of piperazine rings is 1. The van der Waals surface area contributed by atoms with E-state index in [0.717, 1.165) is 57.9 Å². The van der Waals surface area contributed by atoms with E-state index in [2.05, 4.69) is 42.3 Å². The molecule has 1 aliphatic rings. The van der Waals surface area contributed by atoms with Crippen LogP contribution in [0.5, 0.6) is 5.75 Å². The Hall–Kier alpha value is -1.06. The van der Waals surface area contributed by atoms with Gasteiger partial charge >= 0.3 is 0 Å². The number of rotatable bonds is 6. The minimum absolute atomic E-state index is 0.809. The summed E-state index contributed by atoms with van der Waals surface area (Å²) in [6.07, 6.45) is 2.14. The number of hydrogen-bond acceptors (Lipinski definition) is 3. The second kappa shape index (κ2) is 7.51. The van der Waals surface area contributed by atoms with Crippen LogP contribution in [0.15, 0.2) is 18.2 Å². The molecule has 0 aromatic heterocycles. The highest BCUT2D eigenvalue weighted by Gasteiger charge is 2.11. The van der Waals surface area contributed by atoms with Crippen molar-refractivity contribution in [1.29, 1.82) is 0 Å². The van der Waals surface area contributed by atoms with Crippen LogP contribution in [-0.2, 0) is 6.42 Å². The van der Waals surface area contributed by atoms with E-state index in [1.807, 2.05) is 0 Å². The molecule has 0 spiro atoms. The Morgan fingerprint density at radius 2 is 2.05 bits per heavy atom. The van der Waals surface area contributed by atoms with Crippen LogP contribution in [0.2, 0.25) is 0 Å². The van der Waals surface area contributed by atoms with E-state index in [0.29, 0.717) is 0 Å². The number of aryl methyl sites for hydroxylation is 1. The van der Waals surface area contributed by atoms with E-state index in [1.165, 1.54) is 11.1 Å². The number of nitrogens with one attached hydrogen (secondary N) is 1. The van der Waals surface area contributed by atoms with Crippen LogP contribution in [0.1, 0.15) is 24.5 Å². The molecule has 1 heterocycles. The molecule has 1 aromatic carbocycles. The van der Waals surface area contributed by atoms with Crippen LogP contribution in [0.3, 0.4) is 0 Å². The van der Waals surface area contributed by atoms with Gasteiger partial charge in [-0.05, 0) is 31.4 Å². The lowest BCUT2D eigenvalue weighted by molar-refractivity contribution is 0.242. The Balaban J connectivity index is 1.94. The molecule has 0 radical (unpaired) electrons. The molecule has 1 aromatic rings. The minimum atomic E-state index is 0.809. The van der Waals surface area contributed by atoms with Gasteiger partial charge in [-0.3, -0.25) is 0 Å². The average Bonchev–Trinajstić information content (AvgIpc) is 2.45. The van der Waals surface area contributed by atoms with Crippen LogP contribution in [0.4, 0.5) is 0 Å². The SMILES string of the molecule is CCCOc1ccc(C)cc1CCN1CCNCC1. The largest absolute Gasteiger partial charge is 0.493 e. The lowest BCUT2D eigenvalue weighted by atomic mass is 10.1. The molecule has 1 saturated heterocycles. The first kappa shape index (κ1) is 14.4. The molecule has 0 bridgehead atoms. The van der Waals surface area contributed by atoms with Gasteiger partial charge in [-0.1, -0.05) is 24.6 Å². The van der Waals surface area contributed by atoms with Gasteiger partial charge in [-0.2, -0.15) is 0 Å². The first-order valence-corrected chi connectivity index (χ1v) is 7.45. The van der Waals surface area contributed by atoms with Gasteiger partial charge in [0.15, 0.2) is 0 Å². The zero-order valence-electron chi connectivity index (χ0n) is 12.2. The van der Waals surface area contributed by atoms with Crippen molar-refractivity contribution in [1.82, 2.24) is 10.2 Å². The molecule has 0 saturated carbocycles. The van der Waals surface area contributed by atoms with Crippen LogP contribution in [0.25, 0.3) is 0 Å². The van der Waals surface area contributed by atoms with Crippen molar-refractivity contribution >= 4 is 0 Å². The maximum atomic E-state index is 5.85. The van der Waals surface area contributed by atoms with Gasteiger partial charge in [0.1, 0.15) is 5.75 Å². The van der Waals surface area contributed by atoms with E-state index < -0.39 is 0 Å². The third-order valence-electron chi connectivity index (χ3n) is 3.58. The second-order valence-corrected chi connectivity index (χ2v) is 5.30. The van der Waals surface area contributed by atoms with Crippen molar-refractivity contribution in [2.75, 3.05) is 39.3 Å². The summed E-state index contributed by atoms with van der Waals surface area (Å²) in [6.45, 7) is 10.8. The van der Waals surface area contributed by atoms with Gasteiger partial charge in [0.05, 0.1) is 6.61 Å². The summed E-state index contributed by atoms with van der Waals surface area (Å²) < 4.78 is 5.85. The molecule has 19 heavy (non-hydrogen) atoms. The Bertz CT molecular complexity index is 386. The molecule has 1 N–H and O–H groups in total. The fourth-order valence-corrected chi connectivity index (χ4v) is 2.47. The molecular weight excluding hydrogens is 236 g/mol.